The lowest BCUT2D eigenvalue weighted by Gasteiger charge is -2.03. The van der Waals surface area contributed by atoms with Gasteiger partial charge in [-0.1, -0.05) is 15.9 Å². The molecule has 0 aliphatic rings. The molecule has 0 aromatic heterocycles. The lowest BCUT2D eigenvalue weighted by molar-refractivity contribution is 0.102. The number of carbonyl (C=O) groups is 1. The summed E-state index contributed by atoms with van der Waals surface area (Å²) in [6.45, 7) is 0. The SMILES string of the molecule is O=C(CBr)c1cc(F)cc(I)c1Br. The monoisotopic (exact) mass is 420 g/mol. The number of rotatable bonds is 2. The van der Waals surface area contributed by atoms with E-state index in [4.69, 9.17) is 0 Å². The molecule has 1 nitrogen and oxygen atoms in total. The van der Waals surface area contributed by atoms with Crippen LogP contribution in [0.5, 0.6) is 0 Å². The van der Waals surface area contributed by atoms with Crippen LogP contribution < -0.4 is 0 Å². The second kappa shape index (κ2) is 4.84. The van der Waals surface area contributed by atoms with Crippen molar-refractivity contribution in [1.29, 1.82) is 0 Å². The van der Waals surface area contributed by atoms with Crippen LogP contribution in [0.25, 0.3) is 0 Å². The molecule has 0 amide bonds. The Bertz CT molecular complexity index is 354. The Morgan fingerprint density at radius 2 is 2.15 bits per heavy atom. The van der Waals surface area contributed by atoms with Gasteiger partial charge in [0.25, 0.3) is 0 Å². The third kappa shape index (κ3) is 2.73. The number of hydrogen-bond donors (Lipinski definition) is 0. The molecule has 0 aliphatic heterocycles. The number of carbonyl (C=O) groups excluding carboxylic acids is 1. The second-order valence-electron chi connectivity index (χ2n) is 2.31. The predicted octanol–water partition coefficient (Wildman–Crippen LogP) is 3.77. The number of ketones is 1. The Hall–Kier alpha value is 0.510. The summed E-state index contributed by atoms with van der Waals surface area (Å²) in [6.07, 6.45) is 0. The van der Waals surface area contributed by atoms with E-state index < -0.39 is 5.82 Å². The molecule has 1 aromatic carbocycles. The van der Waals surface area contributed by atoms with E-state index >= 15 is 0 Å². The van der Waals surface area contributed by atoms with Crippen molar-refractivity contribution in [3.05, 3.63) is 31.6 Å². The van der Waals surface area contributed by atoms with Gasteiger partial charge in [0, 0.05) is 13.6 Å². The van der Waals surface area contributed by atoms with Crippen LogP contribution in [0, 0.1) is 9.39 Å². The molecule has 0 saturated heterocycles. The molecule has 0 radical (unpaired) electrons. The van der Waals surface area contributed by atoms with Gasteiger partial charge in [0.1, 0.15) is 5.82 Å². The molecule has 1 aromatic rings. The van der Waals surface area contributed by atoms with Gasteiger partial charge in [0.2, 0.25) is 0 Å². The lowest BCUT2D eigenvalue weighted by atomic mass is 10.1. The summed E-state index contributed by atoms with van der Waals surface area (Å²) < 4.78 is 14.3. The van der Waals surface area contributed by atoms with Gasteiger partial charge in [-0.25, -0.2) is 4.39 Å². The molecule has 0 atom stereocenters. The Morgan fingerprint density at radius 1 is 1.54 bits per heavy atom. The Kier molecular flexibility index (Phi) is 4.31. The molecule has 0 fully saturated rings. The van der Waals surface area contributed by atoms with E-state index in [2.05, 4.69) is 31.9 Å². The van der Waals surface area contributed by atoms with Crippen molar-refractivity contribution in [1.82, 2.24) is 0 Å². The summed E-state index contributed by atoms with van der Waals surface area (Å²) in [4.78, 5) is 11.3. The molecule has 0 N–H and O–H groups in total. The van der Waals surface area contributed by atoms with Crippen molar-refractivity contribution in [2.75, 3.05) is 5.33 Å². The Balaban J connectivity index is 3.28. The zero-order valence-electron chi connectivity index (χ0n) is 6.28. The van der Waals surface area contributed by atoms with Gasteiger partial charge < -0.3 is 0 Å². The van der Waals surface area contributed by atoms with Crippen LogP contribution in [-0.2, 0) is 0 Å². The minimum absolute atomic E-state index is 0.135. The number of Topliss-reactive ketones (excluding diaryl/α,β-unsaturated/α-hetero) is 1. The summed E-state index contributed by atoms with van der Waals surface area (Å²) in [5.74, 6) is -0.527. The van der Waals surface area contributed by atoms with Gasteiger partial charge in [0.05, 0.1) is 5.33 Å². The van der Waals surface area contributed by atoms with E-state index in [0.717, 1.165) is 0 Å². The van der Waals surface area contributed by atoms with Crippen molar-refractivity contribution in [2.24, 2.45) is 0 Å². The first-order valence-corrected chi connectivity index (χ1v) is 6.29. The molecule has 70 valence electrons. The van der Waals surface area contributed by atoms with E-state index in [1.807, 2.05) is 22.6 Å². The first-order chi connectivity index (χ1) is 6.06. The molecule has 5 heteroatoms. The van der Waals surface area contributed by atoms with Crippen molar-refractivity contribution in [3.63, 3.8) is 0 Å². The van der Waals surface area contributed by atoms with Crippen LogP contribution in [0.3, 0.4) is 0 Å². The van der Waals surface area contributed by atoms with Crippen molar-refractivity contribution in [3.8, 4) is 0 Å². The maximum absolute atomic E-state index is 12.9. The highest BCUT2D eigenvalue weighted by atomic mass is 127. The van der Waals surface area contributed by atoms with E-state index in [1.54, 1.807) is 0 Å². The first-order valence-electron chi connectivity index (χ1n) is 3.30. The van der Waals surface area contributed by atoms with Crippen LogP contribution in [-0.4, -0.2) is 11.1 Å². The fourth-order valence-electron chi connectivity index (χ4n) is 0.831. The zero-order valence-corrected chi connectivity index (χ0v) is 11.6. The average Bonchev–Trinajstić information content (AvgIpc) is 2.10. The lowest BCUT2D eigenvalue weighted by Crippen LogP contribution is -2.03. The molecule has 0 heterocycles. The topological polar surface area (TPSA) is 17.1 Å². The molecule has 0 spiro atoms. The largest absolute Gasteiger partial charge is 0.293 e. The van der Waals surface area contributed by atoms with Crippen molar-refractivity contribution < 1.29 is 9.18 Å². The number of alkyl halides is 1. The average molecular weight is 422 g/mol. The quantitative estimate of drug-likeness (QED) is 0.307. The molecule has 0 unspecified atom stereocenters. The van der Waals surface area contributed by atoms with Gasteiger partial charge in [-0.2, -0.15) is 0 Å². The van der Waals surface area contributed by atoms with Gasteiger partial charge in [-0.3, -0.25) is 4.79 Å². The predicted molar refractivity (Wildman–Crippen MR) is 64.9 cm³/mol. The van der Waals surface area contributed by atoms with Crippen LogP contribution in [0.1, 0.15) is 10.4 Å². The molecule has 0 bridgehead atoms. The van der Waals surface area contributed by atoms with Gasteiger partial charge >= 0.3 is 0 Å². The zero-order chi connectivity index (χ0) is 10.0. The highest BCUT2D eigenvalue weighted by molar-refractivity contribution is 14.1. The molecule has 0 aliphatic carbocycles. The highest BCUT2D eigenvalue weighted by Gasteiger charge is 2.12. The first kappa shape index (κ1) is 11.6. The summed E-state index contributed by atoms with van der Waals surface area (Å²) in [6, 6.07) is 2.60. The van der Waals surface area contributed by atoms with Gasteiger partial charge in [0.15, 0.2) is 5.78 Å². The third-order valence-corrected chi connectivity index (χ3v) is 4.37. The summed E-state index contributed by atoms with van der Waals surface area (Å²) >= 11 is 8.25. The smallest absolute Gasteiger partial charge is 0.174 e. The minimum atomic E-state index is -0.392. The number of benzene rings is 1. The number of hydrogen-bond acceptors (Lipinski definition) is 1. The fraction of sp³-hybridized carbons (Fsp3) is 0.125. The number of halogens is 4. The van der Waals surface area contributed by atoms with E-state index in [9.17, 15) is 9.18 Å². The van der Waals surface area contributed by atoms with E-state index in [1.165, 1.54) is 12.1 Å². The van der Waals surface area contributed by atoms with Crippen LogP contribution in [0.2, 0.25) is 0 Å². The van der Waals surface area contributed by atoms with E-state index in [-0.39, 0.29) is 11.1 Å². The van der Waals surface area contributed by atoms with Crippen LogP contribution >= 0.6 is 54.5 Å². The maximum Gasteiger partial charge on any atom is 0.174 e. The van der Waals surface area contributed by atoms with Crippen LogP contribution in [0.4, 0.5) is 4.39 Å². The standard InChI is InChI=1S/C8H4Br2FIO/c9-3-7(13)5-1-4(11)2-6(12)8(5)10/h1-2H,3H2. The fourth-order valence-corrected chi connectivity index (χ4v) is 2.17. The van der Waals surface area contributed by atoms with Crippen LogP contribution in [0.15, 0.2) is 16.6 Å². The van der Waals surface area contributed by atoms with Crippen molar-refractivity contribution >= 4 is 60.2 Å². The Labute approximate surface area is 105 Å². The van der Waals surface area contributed by atoms with E-state index in [0.29, 0.717) is 13.6 Å². The molecule has 0 saturated carbocycles. The second-order valence-corrected chi connectivity index (χ2v) is 4.82. The van der Waals surface area contributed by atoms with Crippen molar-refractivity contribution in [2.45, 2.75) is 0 Å². The third-order valence-electron chi connectivity index (χ3n) is 1.41. The molecular formula is C8H4Br2FIO. The minimum Gasteiger partial charge on any atom is -0.293 e. The summed E-state index contributed by atoms with van der Waals surface area (Å²) in [5, 5.41) is 0.200. The molecular weight excluding hydrogens is 418 g/mol. The summed E-state index contributed by atoms with van der Waals surface area (Å²) in [5.41, 5.74) is 0.376. The Morgan fingerprint density at radius 3 is 2.69 bits per heavy atom. The van der Waals surface area contributed by atoms with Gasteiger partial charge in [-0.05, 0) is 50.7 Å². The molecule has 13 heavy (non-hydrogen) atoms. The maximum atomic E-state index is 12.9. The van der Waals surface area contributed by atoms with Gasteiger partial charge in [-0.15, -0.1) is 0 Å². The molecule has 1 rings (SSSR count). The normalized spacial score (nSPS) is 10.2. The summed E-state index contributed by atoms with van der Waals surface area (Å²) in [7, 11) is 0. The highest BCUT2D eigenvalue weighted by Crippen LogP contribution is 2.25.